The molecule has 19 heavy (non-hydrogen) atoms. The second kappa shape index (κ2) is 5.00. The van der Waals surface area contributed by atoms with Crippen molar-refractivity contribution < 1.29 is 18.0 Å². The van der Waals surface area contributed by atoms with Gasteiger partial charge in [0.05, 0.1) is 5.92 Å². The van der Waals surface area contributed by atoms with Crippen LogP contribution in [0.4, 0.5) is 18.9 Å². The summed E-state index contributed by atoms with van der Waals surface area (Å²) in [6.45, 7) is 1.88. The van der Waals surface area contributed by atoms with E-state index in [2.05, 4.69) is 5.10 Å². The minimum Gasteiger partial charge on any atom is -0.330 e. The highest BCUT2D eigenvalue weighted by Crippen LogP contribution is 2.29. The average Bonchev–Trinajstić information content (AvgIpc) is 2.62. The predicted molar refractivity (Wildman–Crippen MR) is 64.1 cm³/mol. The molecule has 0 spiro atoms. The third-order valence-electron chi connectivity index (χ3n) is 2.94. The fourth-order valence-electron chi connectivity index (χ4n) is 1.95. The highest BCUT2D eigenvalue weighted by atomic mass is 19.2. The summed E-state index contributed by atoms with van der Waals surface area (Å²) in [6, 6.07) is 1.00. The summed E-state index contributed by atoms with van der Waals surface area (Å²) < 4.78 is 39.6. The molecule has 7 heteroatoms. The molecule has 0 radical (unpaired) electrons. The van der Waals surface area contributed by atoms with Crippen molar-refractivity contribution in [2.75, 3.05) is 11.6 Å². The van der Waals surface area contributed by atoms with E-state index in [1.807, 2.05) is 0 Å². The quantitative estimate of drug-likeness (QED) is 0.852. The monoisotopic (exact) mass is 271 g/mol. The summed E-state index contributed by atoms with van der Waals surface area (Å²) >= 11 is 0. The molecular weight excluding hydrogens is 259 g/mol. The van der Waals surface area contributed by atoms with Crippen LogP contribution in [0.5, 0.6) is 0 Å². The molecule has 2 rings (SSSR count). The van der Waals surface area contributed by atoms with Gasteiger partial charge in [-0.25, -0.2) is 13.2 Å². The molecule has 102 valence electrons. The number of nitrogens with zero attached hydrogens (tertiary/aromatic N) is 2. The van der Waals surface area contributed by atoms with Crippen LogP contribution in [-0.4, -0.2) is 18.2 Å². The number of benzene rings is 1. The van der Waals surface area contributed by atoms with Crippen LogP contribution >= 0.6 is 0 Å². The Bertz CT molecular complexity index is 559. The number of nitrogens with two attached hydrogens (primary N) is 1. The van der Waals surface area contributed by atoms with Crippen molar-refractivity contribution in [2.24, 2.45) is 16.8 Å². The number of hydrazone groups is 1. The lowest BCUT2D eigenvalue weighted by molar-refractivity contribution is -0.119. The van der Waals surface area contributed by atoms with Crippen LogP contribution in [-0.2, 0) is 4.79 Å². The SMILES string of the molecule is CC1=NN(c2cc(F)c(F)cc2F)C(=O)C1CCN. The van der Waals surface area contributed by atoms with Crippen molar-refractivity contribution in [1.29, 1.82) is 0 Å². The molecule has 0 fully saturated rings. The van der Waals surface area contributed by atoms with Gasteiger partial charge in [0, 0.05) is 17.8 Å². The third kappa shape index (κ3) is 2.33. The van der Waals surface area contributed by atoms with Gasteiger partial charge in [-0.3, -0.25) is 4.79 Å². The second-order valence-electron chi connectivity index (χ2n) is 4.24. The van der Waals surface area contributed by atoms with Crippen LogP contribution < -0.4 is 10.7 Å². The molecule has 0 saturated carbocycles. The highest BCUT2D eigenvalue weighted by Gasteiger charge is 2.35. The van der Waals surface area contributed by atoms with E-state index in [1.165, 1.54) is 0 Å². The molecule has 1 aliphatic rings. The Kier molecular flexibility index (Phi) is 3.57. The second-order valence-corrected chi connectivity index (χ2v) is 4.24. The molecule has 0 bridgehead atoms. The third-order valence-corrected chi connectivity index (χ3v) is 2.94. The van der Waals surface area contributed by atoms with Crippen LogP contribution in [0.1, 0.15) is 13.3 Å². The molecule has 2 N–H and O–H groups in total. The molecule has 1 heterocycles. The van der Waals surface area contributed by atoms with Crippen LogP contribution in [0.3, 0.4) is 0 Å². The zero-order valence-corrected chi connectivity index (χ0v) is 10.2. The average molecular weight is 271 g/mol. The van der Waals surface area contributed by atoms with E-state index in [0.717, 1.165) is 5.01 Å². The van der Waals surface area contributed by atoms with Crippen LogP contribution in [0.25, 0.3) is 0 Å². The van der Waals surface area contributed by atoms with E-state index >= 15 is 0 Å². The van der Waals surface area contributed by atoms with Gasteiger partial charge in [-0.2, -0.15) is 10.1 Å². The summed E-state index contributed by atoms with van der Waals surface area (Å²) in [7, 11) is 0. The first-order chi connectivity index (χ1) is 8.95. The van der Waals surface area contributed by atoms with E-state index in [-0.39, 0.29) is 6.54 Å². The maximum atomic E-state index is 13.6. The Hall–Kier alpha value is -1.89. The summed E-state index contributed by atoms with van der Waals surface area (Å²) in [4.78, 5) is 12.0. The van der Waals surface area contributed by atoms with Gasteiger partial charge >= 0.3 is 0 Å². The molecule has 0 aliphatic carbocycles. The van der Waals surface area contributed by atoms with Gasteiger partial charge in [0.15, 0.2) is 17.5 Å². The van der Waals surface area contributed by atoms with E-state index in [1.54, 1.807) is 6.92 Å². The predicted octanol–water partition coefficient (Wildman–Crippen LogP) is 1.79. The van der Waals surface area contributed by atoms with Gasteiger partial charge in [-0.1, -0.05) is 0 Å². The van der Waals surface area contributed by atoms with E-state index in [4.69, 9.17) is 5.73 Å². The molecule has 1 aromatic carbocycles. The summed E-state index contributed by atoms with van der Waals surface area (Å²) in [5, 5.41) is 4.64. The number of rotatable bonds is 3. The summed E-state index contributed by atoms with van der Waals surface area (Å²) in [6.07, 6.45) is 0.371. The van der Waals surface area contributed by atoms with E-state index < -0.39 is 35.0 Å². The number of amides is 1. The lowest BCUT2D eigenvalue weighted by Gasteiger charge is -2.15. The van der Waals surface area contributed by atoms with Gasteiger partial charge in [0.2, 0.25) is 0 Å². The number of hydrogen-bond acceptors (Lipinski definition) is 3. The first-order valence-corrected chi connectivity index (χ1v) is 5.69. The standard InChI is InChI=1S/C12H12F3N3O/c1-6-7(2-3-16)12(19)18(17-6)11-5-9(14)8(13)4-10(11)15/h4-5,7H,2-3,16H2,1H3. The van der Waals surface area contributed by atoms with Crippen molar-refractivity contribution in [2.45, 2.75) is 13.3 Å². The van der Waals surface area contributed by atoms with Gasteiger partial charge in [-0.15, -0.1) is 0 Å². The molecule has 1 atom stereocenters. The van der Waals surface area contributed by atoms with E-state index in [9.17, 15) is 18.0 Å². The molecule has 1 amide bonds. The molecule has 0 aromatic heterocycles. The summed E-state index contributed by atoms with van der Waals surface area (Å²) in [5.74, 6) is -4.63. The maximum Gasteiger partial charge on any atom is 0.256 e. The molecular formula is C12H12F3N3O. The van der Waals surface area contributed by atoms with Gasteiger partial charge < -0.3 is 5.73 Å². The van der Waals surface area contributed by atoms with Crippen molar-refractivity contribution in [3.63, 3.8) is 0 Å². The lowest BCUT2D eigenvalue weighted by atomic mass is 10.0. The Morgan fingerprint density at radius 2 is 1.89 bits per heavy atom. The van der Waals surface area contributed by atoms with Gasteiger partial charge in [-0.05, 0) is 19.9 Å². The summed E-state index contributed by atoms with van der Waals surface area (Å²) in [5.41, 5.74) is 5.45. The number of anilines is 1. The molecule has 0 saturated heterocycles. The van der Waals surface area contributed by atoms with Crippen molar-refractivity contribution in [3.8, 4) is 0 Å². The Morgan fingerprint density at radius 1 is 1.26 bits per heavy atom. The first-order valence-electron chi connectivity index (χ1n) is 5.69. The Balaban J connectivity index is 2.39. The number of halogens is 3. The van der Waals surface area contributed by atoms with E-state index in [0.29, 0.717) is 24.3 Å². The zero-order chi connectivity index (χ0) is 14.2. The van der Waals surface area contributed by atoms with Gasteiger partial charge in [0.25, 0.3) is 5.91 Å². The smallest absolute Gasteiger partial charge is 0.256 e. The molecule has 1 unspecified atom stereocenters. The first kappa shape index (κ1) is 13.5. The largest absolute Gasteiger partial charge is 0.330 e. The topological polar surface area (TPSA) is 58.7 Å². The van der Waals surface area contributed by atoms with Crippen LogP contribution in [0, 0.1) is 23.4 Å². The fourth-order valence-corrected chi connectivity index (χ4v) is 1.95. The fraction of sp³-hybridized carbons (Fsp3) is 0.333. The maximum absolute atomic E-state index is 13.6. The van der Waals surface area contributed by atoms with Gasteiger partial charge in [0.1, 0.15) is 5.69 Å². The number of carbonyl (C=O) groups excluding carboxylic acids is 1. The minimum absolute atomic E-state index is 0.275. The molecule has 1 aromatic rings. The number of carbonyl (C=O) groups is 1. The Morgan fingerprint density at radius 3 is 2.53 bits per heavy atom. The molecule has 4 nitrogen and oxygen atoms in total. The van der Waals surface area contributed by atoms with Crippen molar-refractivity contribution in [3.05, 3.63) is 29.6 Å². The lowest BCUT2D eigenvalue weighted by Crippen LogP contribution is -2.29. The normalized spacial score (nSPS) is 19.0. The molecule has 1 aliphatic heterocycles. The number of hydrogen-bond donors (Lipinski definition) is 1. The zero-order valence-electron chi connectivity index (χ0n) is 10.2. The minimum atomic E-state index is -1.31. The van der Waals surface area contributed by atoms with Crippen molar-refractivity contribution in [1.82, 2.24) is 0 Å². The highest BCUT2D eigenvalue weighted by molar-refractivity contribution is 6.14. The van der Waals surface area contributed by atoms with Crippen LogP contribution in [0.2, 0.25) is 0 Å². The van der Waals surface area contributed by atoms with Crippen LogP contribution in [0.15, 0.2) is 17.2 Å². The Labute approximate surface area is 107 Å². The van der Waals surface area contributed by atoms with Crippen molar-refractivity contribution >= 4 is 17.3 Å².